The number of hydrogen-bond acceptors (Lipinski definition) is 8. The second-order valence-corrected chi connectivity index (χ2v) is 8.05. The molecule has 1 aliphatic rings. The first-order valence-corrected chi connectivity index (χ1v) is 11.0. The van der Waals surface area contributed by atoms with Crippen molar-refractivity contribution in [3.8, 4) is 11.5 Å². The number of methoxy groups -OCH3 is 1. The molecule has 1 aliphatic heterocycles. The zero-order chi connectivity index (χ0) is 21.8. The number of amides is 1. The van der Waals surface area contributed by atoms with E-state index < -0.39 is 0 Å². The van der Waals surface area contributed by atoms with Gasteiger partial charge in [-0.1, -0.05) is 0 Å². The van der Waals surface area contributed by atoms with Crippen LogP contribution in [0.15, 0.2) is 35.2 Å². The average molecular weight is 440 g/mol. The van der Waals surface area contributed by atoms with Crippen molar-refractivity contribution in [2.24, 2.45) is 0 Å². The number of benzene rings is 1. The van der Waals surface area contributed by atoms with Crippen LogP contribution in [0.1, 0.15) is 27.6 Å². The molecule has 9 heteroatoms. The van der Waals surface area contributed by atoms with Crippen molar-refractivity contribution < 1.29 is 14.3 Å². The van der Waals surface area contributed by atoms with E-state index in [4.69, 9.17) is 9.47 Å². The molecule has 0 spiro atoms. The van der Waals surface area contributed by atoms with Gasteiger partial charge < -0.3 is 19.3 Å². The quantitative estimate of drug-likeness (QED) is 0.584. The molecule has 0 bridgehead atoms. The van der Waals surface area contributed by atoms with Gasteiger partial charge in [0.05, 0.1) is 18.3 Å². The third-order valence-electron chi connectivity index (χ3n) is 5.11. The van der Waals surface area contributed by atoms with E-state index in [0.29, 0.717) is 36.8 Å². The van der Waals surface area contributed by atoms with E-state index in [9.17, 15) is 4.79 Å². The zero-order valence-corrected chi connectivity index (χ0v) is 18.7. The summed E-state index contributed by atoms with van der Waals surface area (Å²) < 4.78 is 11.3. The lowest BCUT2D eigenvalue weighted by molar-refractivity contribution is 0.0746. The highest BCUT2D eigenvalue weighted by Crippen LogP contribution is 2.29. The first-order chi connectivity index (χ1) is 15.0. The molecule has 1 saturated heterocycles. The van der Waals surface area contributed by atoms with Crippen LogP contribution in [0.3, 0.4) is 0 Å². The average Bonchev–Trinajstić information content (AvgIpc) is 3.30. The summed E-state index contributed by atoms with van der Waals surface area (Å²) in [6, 6.07) is 7.29. The van der Waals surface area contributed by atoms with Gasteiger partial charge in [-0.2, -0.15) is 0 Å². The summed E-state index contributed by atoms with van der Waals surface area (Å²) in [5, 5.41) is 1.94. The molecule has 4 rings (SSSR count). The van der Waals surface area contributed by atoms with Crippen molar-refractivity contribution in [2.75, 3.05) is 38.2 Å². The van der Waals surface area contributed by atoms with Crippen LogP contribution in [-0.2, 0) is 6.61 Å². The van der Waals surface area contributed by atoms with Gasteiger partial charge in [0.15, 0.2) is 11.5 Å². The van der Waals surface area contributed by atoms with Crippen LogP contribution in [0.2, 0.25) is 0 Å². The minimum absolute atomic E-state index is 0.0148. The van der Waals surface area contributed by atoms with E-state index in [1.54, 1.807) is 30.8 Å². The van der Waals surface area contributed by atoms with Gasteiger partial charge >= 0.3 is 0 Å². The van der Waals surface area contributed by atoms with E-state index in [2.05, 4.69) is 19.9 Å². The van der Waals surface area contributed by atoms with Crippen molar-refractivity contribution >= 4 is 23.1 Å². The van der Waals surface area contributed by atoms with Crippen molar-refractivity contribution in [2.45, 2.75) is 20.5 Å². The molecular weight excluding hydrogens is 414 g/mol. The molecule has 0 atom stereocenters. The van der Waals surface area contributed by atoms with Gasteiger partial charge in [-0.25, -0.2) is 15.0 Å². The lowest BCUT2D eigenvalue weighted by atomic mass is 10.1. The van der Waals surface area contributed by atoms with E-state index in [0.717, 1.165) is 36.1 Å². The number of carbonyl (C=O) groups is 1. The number of rotatable bonds is 6. The number of piperazine rings is 1. The van der Waals surface area contributed by atoms with Crippen LogP contribution in [0.5, 0.6) is 11.5 Å². The smallest absolute Gasteiger partial charge is 0.254 e. The molecular formula is C22H25N5O3S. The summed E-state index contributed by atoms with van der Waals surface area (Å²) in [5.41, 5.74) is 4.16. The molecule has 2 aromatic heterocycles. The van der Waals surface area contributed by atoms with Gasteiger partial charge in [0.2, 0.25) is 0 Å². The van der Waals surface area contributed by atoms with Crippen LogP contribution in [0.25, 0.3) is 0 Å². The topological polar surface area (TPSA) is 80.7 Å². The fraction of sp³-hybridized carbons (Fsp3) is 0.364. The predicted octanol–water partition coefficient (Wildman–Crippen LogP) is 3.10. The Morgan fingerprint density at radius 3 is 2.58 bits per heavy atom. The molecule has 0 saturated carbocycles. The number of ether oxygens (including phenoxy) is 2. The summed E-state index contributed by atoms with van der Waals surface area (Å²) in [4.78, 5) is 30.2. The Bertz CT molecular complexity index is 1030. The van der Waals surface area contributed by atoms with Crippen molar-refractivity contribution in [3.63, 3.8) is 0 Å². The molecule has 1 amide bonds. The van der Waals surface area contributed by atoms with E-state index in [1.807, 2.05) is 30.2 Å². The summed E-state index contributed by atoms with van der Waals surface area (Å²) in [7, 11) is 1.57. The Morgan fingerprint density at radius 2 is 1.90 bits per heavy atom. The minimum atomic E-state index is -0.0148. The van der Waals surface area contributed by atoms with Crippen LogP contribution in [-0.4, -0.2) is 59.0 Å². The van der Waals surface area contributed by atoms with E-state index in [1.165, 1.54) is 11.3 Å². The Morgan fingerprint density at radius 1 is 1.10 bits per heavy atom. The first-order valence-electron chi connectivity index (χ1n) is 10.1. The second kappa shape index (κ2) is 9.30. The number of anilines is 1. The fourth-order valence-electron chi connectivity index (χ4n) is 3.56. The molecule has 3 heterocycles. The fourth-order valence-corrected chi connectivity index (χ4v) is 4.10. The van der Waals surface area contributed by atoms with Gasteiger partial charge in [0, 0.05) is 48.9 Å². The Kier molecular flexibility index (Phi) is 6.31. The number of aromatic nitrogens is 3. The maximum atomic E-state index is 13.1. The predicted molar refractivity (Wildman–Crippen MR) is 119 cm³/mol. The Balaban J connectivity index is 1.40. The highest BCUT2D eigenvalue weighted by atomic mass is 32.1. The molecule has 0 radical (unpaired) electrons. The van der Waals surface area contributed by atoms with Crippen LogP contribution in [0.4, 0.5) is 5.82 Å². The molecule has 0 N–H and O–H groups in total. The van der Waals surface area contributed by atoms with Gasteiger partial charge in [0.25, 0.3) is 5.91 Å². The highest BCUT2D eigenvalue weighted by molar-refractivity contribution is 7.07. The largest absolute Gasteiger partial charge is 0.493 e. The SMILES string of the molecule is COc1cc(C(=O)N2CCN(c3cc(C)nc(C)n3)CC2)ccc1OCc1cscn1. The van der Waals surface area contributed by atoms with Crippen molar-refractivity contribution in [1.82, 2.24) is 19.9 Å². The maximum absolute atomic E-state index is 13.1. The molecule has 3 aromatic rings. The minimum Gasteiger partial charge on any atom is -0.493 e. The summed E-state index contributed by atoms with van der Waals surface area (Å²) >= 11 is 1.52. The molecule has 0 aliphatic carbocycles. The number of carbonyl (C=O) groups excluding carboxylic acids is 1. The standard InChI is InChI=1S/C22H25N5O3S/c1-15-10-21(25-16(2)24-15)26-6-8-27(9-7-26)22(28)17-4-5-19(20(11-17)29-3)30-12-18-13-31-14-23-18/h4-5,10-11,13-14H,6-9,12H2,1-3H3. The van der Waals surface area contributed by atoms with Gasteiger partial charge in [-0.05, 0) is 32.0 Å². The third-order valence-corrected chi connectivity index (χ3v) is 5.75. The Hall–Kier alpha value is -3.20. The summed E-state index contributed by atoms with van der Waals surface area (Å²) in [6.45, 7) is 6.94. The third kappa shape index (κ3) is 4.93. The molecule has 1 aromatic carbocycles. The van der Waals surface area contributed by atoms with E-state index in [-0.39, 0.29) is 5.91 Å². The molecule has 1 fully saturated rings. The van der Waals surface area contributed by atoms with Gasteiger partial charge in [-0.3, -0.25) is 4.79 Å². The van der Waals surface area contributed by atoms with Crippen LogP contribution >= 0.6 is 11.3 Å². The van der Waals surface area contributed by atoms with Crippen molar-refractivity contribution in [3.05, 3.63) is 57.9 Å². The number of aryl methyl sites for hydroxylation is 2. The van der Waals surface area contributed by atoms with Crippen LogP contribution < -0.4 is 14.4 Å². The summed E-state index contributed by atoms with van der Waals surface area (Å²) in [5.74, 6) is 2.79. The zero-order valence-electron chi connectivity index (χ0n) is 17.9. The summed E-state index contributed by atoms with van der Waals surface area (Å²) in [6.07, 6.45) is 0. The number of nitrogens with zero attached hydrogens (tertiary/aromatic N) is 5. The molecule has 0 unspecified atom stereocenters. The van der Waals surface area contributed by atoms with Gasteiger partial charge in [-0.15, -0.1) is 11.3 Å². The maximum Gasteiger partial charge on any atom is 0.254 e. The lowest BCUT2D eigenvalue weighted by Gasteiger charge is -2.35. The van der Waals surface area contributed by atoms with Crippen molar-refractivity contribution in [1.29, 1.82) is 0 Å². The number of thiazole rings is 1. The van der Waals surface area contributed by atoms with Crippen LogP contribution in [0, 0.1) is 13.8 Å². The normalized spacial score (nSPS) is 13.9. The first kappa shape index (κ1) is 21.0. The molecule has 8 nitrogen and oxygen atoms in total. The number of hydrogen-bond donors (Lipinski definition) is 0. The lowest BCUT2D eigenvalue weighted by Crippen LogP contribution is -2.49. The molecule has 162 valence electrons. The van der Waals surface area contributed by atoms with Gasteiger partial charge in [0.1, 0.15) is 18.2 Å². The monoisotopic (exact) mass is 439 g/mol. The Labute approximate surface area is 185 Å². The van der Waals surface area contributed by atoms with E-state index >= 15 is 0 Å². The highest BCUT2D eigenvalue weighted by Gasteiger charge is 2.24. The molecule has 31 heavy (non-hydrogen) atoms. The second-order valence-electron chi connectivity index (χ2n) is 7.33.